The number of piperidine rings is 1. The molecule has 3 heteroatoms. The van der Waals surface area contributed by atoms with E-state index in [0.717, 1.165) is 18.7 Å². The molecule has 3 heterocycles. The van der Waals surface area contributed by atoms with Crippen molar-refractivity contribution in [3.8, 4) is 0 Å². The van der Waals surface area contributed by atoms with Gasteiger partial charge in [-0.2, -0.15) is 0 Å². The third kappa shape index (κ3) is 1.35. The van der Waals surface area contributed by atoms with Crippen LogP contribution in [0.3, 0.4) is 0 Å². The van der Waals surface area contributed by atoms with Crippen molar-refractivity contribution in [2.24, 2.45) is 11.1 Å². The highest BCUT2D eigenvalue weighted by Crippen LogP contribution is 2.44. The van der Waals surface area contributed by atoms with Gasteiger partial charge < -0.3 is 4.84 Å². The fourth-order valence-corrected chi connectivity index (χ4v) is 3.50. The van der Waals surface area contributed by atoms with E-state index in [2.05, 4.69) is 34.3 Å². The second-order valence-electron chi connectivity index (χ2n) is 5.46. The zero-order valence-corrected chi connectivity index (χ0v) is 9.80. The van der Waals surface area contributed by atoms with E-state index in [0.29, 0.717) is 5.92 Å². The second-order valence-corrected chi connectivity index (χ2v) is 5.46. The van der Waals surface area contributed by atoms with Crippen LogP contribution in [0.1, 0.15) is 18.4 Å². The van der Waals surface area contributed by atoms with Crippen LogP contribution >= 0.6 is 0 Å². The number of nitrogens with zero attached hydrogens (tertiary/aromatic N) is 2. The van der Waals surface area contributed by atoms with E-state index in [1.54, 1.807) is 0 Å². The molecule has 17 heavy (non-hydrogen) atoms. The first-order valence-electron chi connectivity index (χ1n) is 6.39. The molecule has 0 saturated carbocycles. The zero-order valence-electron chi connectivity index (χ0n) is 9.80. The predicted molar refractivity (Wildman–Crippen MR) is 66.0 cm³/mol. The molecule has 0 aromatic heterocycles. The Labute approximate surface area is 101 Å². The van der Waals surface area contributed by atoms with E-state index in [9.17, 15) is 0 Å². The maximum atomic E-state index is 5.85. The minimum Gasteiger partial charge on any atom is -0.387 e. The molecule has 88 valence electrons. The number of fused-ring (bicyclic) bond motifs is 3. The Hall–Kier alpha value is -1.35. The van der Waals surface area contributed by atoms with Crippen LogP contribution in [0, 0.1) is 5.92 Å². The van der Waals surface area contributed by atoms with Gasteiger partial charge in [0.2, 0.25) is 0 Å². The molecule has 0 radical (unpaired) electrons. The Bertz CT molecular complexity index is 470. The molecule has 2 bridgehead atoms. The van der Waals surface area contributed by atoms with Gasteiger partial charge in [0, 0.05) is 25.4 Å². The molecule has 0 amide bonds. The van der Waals surface area contributed by atoms with Crippen LogP contribution in [0.2, 0.25) is 0 Å². The van der Waals surface area contributed by atoms with Gasteiger partial charge in [-0.15, -0.1) is 0 Å². The number of oxime groups is 1. The van der Waals surface area contributed by atoms with Crippen LogP contribution < -0.4 is 0 Å². The average molecular weight is 228 g/mol. The summed E-state index contributed by atoms with van der Waals surface area (Å²) in [7, 11) is 0. The summed E-state index contributed by atoms with van der Waals surface area (Å²) in [6.07, 6.45) is 2.26. The fraction of sp³-hybridized carbons (Fsp3) is 0.500. The largest absolute Gasteiger partial charge is 0.387 e. The molecule has 1 aromatic carbocycles. The third-order valence-corrected chi connectivity index (χ3v) is 4.42. The van der Waals surface area contributed by atoms with Crippen molar-refractivity contribution in [2.45, 2.75) is 18.4 Å². The summed E-state index contributed by atoms with van der Waals surface area (Å²) >= 11 is 0. The average Bonchev–Trinajstić information content (AvgIpc) is 3.06. The van der Waals surface area contributed by atoms with E-state index < -0.39 is 0 Å². The molecule has 2 saturated heterocycles. The van der Waals surface area contributed by atoms with Crippen LogP contribution in [0.25, 0.3) is 0 Å². The molecule has 3 unspecified atom stereocenters. The molecule has 0 aliphatic carbocycles. The summed E-state index contributed by atoms with van der Waals surface area (Å²) in [6, 6.07) is 10.4. The summed E-state index contributed by atoms with van der Waals surface area (Å²) in [6.45, 7) is 3.52. The van der Waals surface area contributed by atoms with Crippen molar-refractivity contribution in [1.29, 1.82) is 0 Å². The first-order valence-corrected chi connectivity index (χ1v) is 6.39. The molecule has 2 fully saturated rings. The lowest BCUT2D eigenvalue weighted by atomic mass is 9.83. The summed E-state index contributed by atoms with van der Waals surface area (Å²) in [4.78, 5) is 8.36. The molecule has 0 N–H and O–H groups in total. The Kier molecular flexibility index (Phi) is 1.89. The van der Waals surface area contributed by atoms with Crippen LogP contribution in [0.15, 0.2) is 35.5 Å². The lowest BCUT2D eigenvalue weighted by Gasteiger charge is -2.30. The van der Waals surface area contributed by atoms with E-state index in [1.165, 1.54) is 25.1 Å². The van der Waals surface area contributed by atoms with Crippen molar-refractivity contribution in [1.82, 2.24) is 4.90 Å². The Balaban J connectivity index is 1.60. The van der Waals surface area contributed by atoms with E-state index >= 15 is 0 Å². The Morgan fingerprint density at radius 1 is 1.29 bits per heavy atom. The van der Waals surface area contributed by atoms with Crippen molar-refractivity contribution < 1.29 is 4.84 Å². The van der Waals surface area contributed by atoms with Crippen LogP contribution in [-0.2, 0) is 4.84 Å². The maximum Gasteiger partial charge on any atom is 0.160 e. The van der Waals surface area contributed by atoms with Crippen molar-refractivity contribution in [3.63, 3.8) is 0 Å². The van der Waals surface area contributed by atoms with Gasteiger partial charge >= 0.3 is 0 Å². The van der Waals surface area contributed by atoms with Gasteiger partial charge in [0.05, 0.1) is 5.71 Å². The van der Waals surface area contributed by atoms with Crippen molar-refractivity contribution >= 4 is 5.71 Å². The fourth-order valence-electron chi connectivity index (χ4n) is 3.50. The van der Waals surface area contributed by atoms with E-state index in [4.69, 9.17) is 4.84 Å². The summed E-state index contributed by atoms with van der Waals surface area (Å²) in [5, 5.41) is 4.35. The lowest BCUT2D eigenvalue weighted by Crippen LogP contribution is -2.42. The minimum absolute atomic E-state index is 0.00340. The molecular weight excluding hydrogens is 212 g/mol. The molecule has 3 nitrogen and oxygen atoms in total. The van der Waals surface area contributed by atoms with Gasteiger partial charge in [-0.25, -0.2) is 0 Å². The third-order valence-electron chi connectivity index (χ3n) is 4.42. The van der Waals surface area contributed by atoms with Gasteiger partial charge in [-0.1, -0.05) is 35.5 Å². The monoisotopic (exact) mass is 228 g/mol. The van der Waals surface area contributed by atoms with Crippen molar-refractivity contribution in [2.75, 3.05) is 19.6 Å². The number of benzene rings is 1. The summed E-state index contributed by atoms with van der Waals surface area (Å²) in [5.41, 5.74) is 2.34. The summed E-state index contributed by atoms with van der Waals surface area (Å²) in [5.74, 6) is 0.687. The molecule has 3 aliphatic rings. The SMILES string of the molecule is c1ccc(C2=NOC3(C2)CN2CCC3C2)cc1. The Morgan fingerprint density at radius 2 is 2.18 bits per heavy atom. The summed E-state index contributed by atoms with van der Waals surface area (Å²) < 4.78 is 0. The predicted octanol–water partition coefficient (Wildman–Crippen LogP) is 1.89. The molecule has 4 rings (SSSR count). The van der Waals surface area contributed by atoms with E-state index in [1.807, 2.05) is 6.07 Å². The van der Waals surface area contributed by atoms with Crippen molar-refractivity contribution in [3.05, 3.63) is 35.9 Å². The number of hydrogen-bond donors (Lipinski definition) is 0. The maximum absolute atomic E-state index is 5.85. The normalized spacial score (nSPS) is 38.5. The van der Waals surface area contributed by atoms with Crippen LogP contribution in [0.4, 0.5) is 0 Å². The highest BCUT2D eigenvalue weighted by atomic mass is 16.7. The van der Waals surface area contributed by atoms with Gasteiger partial charge in [-0.3, -0.25) is 4.90 Å². The first-order chi connectivity index (χ1) is 8.36. The zero-order chi connectivity index (χ0) is 11.3. The molecule has 3 atom stereocenters. The lowest BCUT2D eigenvalue weighted by molar-refractivity contribution is -0.0517. The van der Waals surface area contributed by atoms with Gasteiger partial charge in [0.15, 0.2) is 5.60 Å². The molecule has 1 spiro atoms. The quantitative estimate of drug-likeness (QED) is 0.733. The van der Waals surface area contributed by atoms with Crippen LogP contribution in [-0.4, -0.2) is 35.8 Å². The van der Waals surface area contributed by atoms with Crippen LogP contribution in [0.5, 0.6) is 0 Å². The smallest absolute Gasteiger partial charge is 0.160 e. The second kappa shape index (κ2) is 3.33. The number of hydrogen-bond acceptors (Lipinski definition) is 3. The number of rotatable bonds is 1. The first kappa shape index (κ1) is 9.66. The standard InChI is InChI=1S/C14H16N2O/c1-2-4-11(5-3-1)13-8-14(17-15-13)10-16-7-6-12(14)9-16/h1-5,12H,6-10H2. The Morgan fingerprint density at radius 3 is 2.88 bits per heavy atom. The molecule has 3 aliphatic heterocycles. The highest BCUT2D eigenvalue weighted by Gasteiger charge is 2.55. The van der Waals surface area contributed by atoms with Gasteiger partial charge in [0.1, 0.15) is 0 Å². The molecular formula is C14H16N2O. The van der Waals surface area contributed by atoms with Gasteiger partial charge in [0.25, 0.3) is 0 Å². The molecule has 1 aromatic rings. The van der Waals surface area contributed by atoms with E-state index in [-0.39, 0.29) is 5.60 Å². The minimum atomic E-state index is 0.00340. The van der Waals surface area contributed by atoms with Gasteiger partial charge in [-0.05, 0) is 18.5 Å². The topological polar surface area (TPSA) is 24.8 Å². The highest BCUT2D eigenvalue weighted by molar-refractivity contribution is 6.01.